The molecule has 23 heavy (non-hydrogen) atoms. The lowest BCUT2D eigenvalue weighted by molar-refractivity contribution is 0.0596. The Morgan fingerprint density at radius 2 is 1.70 bits per heavy atom. The lowest BCUT2D eigenvalue weighted by Gasteiger charge is -2.28. The molecule has 1 saturated heterocycles. The molecule has 2 aliphatic heterocycles. The molecule has 0 spiro atoms. The van der Waals surface area contributed by atoms with E-state index in [4.69, 9.17) is 0 Å². The summed E-state index contributed by atoms with van der Waals surface area (Å²) in [5.74, 6) is -0.501. The van der Waals surface area contributed by atoms with Crippen LogP contribution in [-0.4, -0.2) is 52.9 Å². The number of amides is 2. The molecule has 5 nitrogen and oxygen atoms in total. The van der Waals surface area contributed by atoms with Gasteiger partial charge in [-0.1, -0.05) is 12.1 Å². The Balaban J connectivity index is 1.72. The van der Waals surface area contributed by atoms with Gasteiger partial charge in [-0.3, -0.25) is 14.5 Å². The molecule has 118 valence electrons. The van der Waals surface area contributed by atoms with Crippen molar-refractivity contribution in [2.45, 2.75) is 12.8 Å². The fraction of sp³-hybridized carbons (Fsp3) is 0.333. The van der Waals surface area contributed by atoms with Crippen molar-refractivity contribution < 1.29 is 14.7 Å². The number of benzene rings is 2. The van der Waals surface area contributed by atoms with Crippen molar-refractivity contribution in [1.29, 1.82) is 0 Å². The van der Waals surface area contributed by atoms with Gasteiger partial charge in [-0.05, 0) is 49.5 Å². The lowest BCUT2D eigenvalue weighted by atomic mass is 9.94. The van der Waals surface area contributed by atoms with Crippen LogP contribution in [0.3, 0.4) is 0 Å². The predicted molar refractivity (Wildman–Crippen MR) is 86.7 cm³/mol. The second-order valence-electron chi connectivity index (χ2n) is 6.21. The van der Waals surface area contributed by atoms with Gasteiger partial charge < -0.3 is 10.0 Å². The number of likely N-dealkylation sites (tertiary alicyclic amines) is 1. The summed E-state index contributed by atoms with van der Waals surface area (Å²) in [5, 5.41) is 11.2. The summed E-state index contributed by atoms with van der Waals surface area (Å²) in [5.41, 5.74) is 0.954. The van der Waals surface area contributed by atoms with Crippen LogP contribution in [-0.2, 0) is 0 Å². The number of phenolic OH excluding ortho intramolecular Hbond substituents is 1. The van der Waals surface area contributed by atoms with E-state index in [1.165, 1.54) is 23.8 Å². The zero-order chi connectivity index (χ0) is 16.0. The van der Waals surface area contributed by atoms with E-state index >= 15 is 0 Å². The maximum Gasteiger partial charge on any atom is 0.261 e. The third-order valence-corrected chi connectivity index (χ3v) is 4.75. The lowest BCUT2D eigenvalue weighted by Crippen LogP contribution is -2.44. The first kappa shape index (κ1) is 14.2. The number of phenols is 1. The van der Waals surface area contributed by atoms with Gasteiger partial charge in [0.05, 0.1) is 5.56 Å². The molecule has 0 radical (unpaired) electrons. The van der Waals surface area contributed by atoms with E-state index in [9.17, 15) is 14.7 Å². The van der Waals surface area contributed by atoms with Crippen molar-refractivity contribution in [2.24, 2.45) is 0 Å². The largest absolute Gasteiger partial charge is 0.508 e. The van der Waals surface area contributed by atoms with E-state index in [1.807, 2.05) is 6.07 Å². The highest BCUT2D eigenvalue weighted by atomic mass is 16.3. The van der Waals surface area contributed by atoms with Crippen LogP contribution in [0.5, 0.6) is 5.75 Å². The zero-order valence-corrected chi connectivity index (χ0v) is 12.8. The Hall–Kier alpha value is -2.40. The maximum atomic E-state index is 12.7. The Labute approximate surface area is 134 Å². The van der Waals surface area contributed by atoms with E-state index in [2.05, 4.69) is 4.90 Å². The number of rotatable bonds is 3. The monoisotopic (exact) mass is 310 g/mol. The molecule has 2 aliphatic rings. The van der Waals surface area contributed by atoms with Gasteiger partial charge in [-0.25, -0.2) is 0 Å². The Morgan fingerprint density at radius 3 is 2.48 bits per heavy atom. The molecule has 2 amide bonds. The van der Waals surface area contributed by atoms with E-state index < -0.39 is 0 Å². The van der Waals surface area contributed by atoms with Gasteiger partial charge >= 0.3 is 0 Å². The molecule has 0 unspecified atom stereocenters. The normalized spacial score (nSPS) is 18.2. The van der Waals surface area contributed by atoms with Gasteiger partial charge in [0, 0.05) is 24.0 Å². The zero-order valence-electron chi connectivity index (χ0n) is 12.8. The van der Waals surface area contributed by atoms with Gasteiger partial charge in [0.25, 0.3) is 11.8 Å². The fourth-order valence-corrected chi connectivity index (χ4v) is 3.59. The number of hydrogen-bond donors (Lipinski definition) is 1. The first-order chi connectivity index (χ1) is 11.1. The molecule has 1 N–H and O–H groups in total. The van der Waals surface area contributed by atoms with Gasteiger partial charge in [-0.15, -0.1) is 0 Å². The van der Waals surface area contributed by atoms with Crippen molar-refractivity contribution in [2.75, 3.05) is 26.2 Å². The molecular weight excluding hydrogens is 292 g/mol. The van der Waals surface area contributed by atoms with E-state index in [0.29, 0.717) is 29.6 Å². The highest BCUT2D eigenvalue weighted by Crippen LogP contribution is 2.33. The minimum absolute atomic E-state index is 0.0480. The van der Waals surface area contributed by atoms with E-state index in [-0.39, 0.29) is 17.6 Å². The van der Waals surface area contributed by atoms with Crippen LogP contribution >= 0.6 is 0 Å². The SMILES string of the molecule is O=C1c2cccc3cc(O)cc(c23)C(=O)N1CCN1CCCC1. The molecule has 5 heteroatoms. The van der Waals surface area contributed by atoms with Crippen molar-refractivity contribution in [3.63, 3.8) is 0 Å². The summed E-state index contributed by atoms with van der Waals surface area (Å²) in [4.78, 5) is 29.1. The molecule has 0 bridgehead atoms. The van der Waals surface area contributed by atoms with Crippen LogP contribution < -0.4 is 0 Å². The van der Waals surface area contributed by atoms with E-state index in [0.717, 1.165) is 18.5 Å². The third kappa shape index (κ3) is 2.28. The molecule has 2 heterocycles. The van der Waals surface area contributed by atoms with Crippen LogP contribution in [0.15, 0.2) is 30.3 Å². The number of hydrogen-bond acceptors (Lipinski definition) is 4. The Kier molecular flexibility index (Phi) is 3.31. The average Bonchev–Trinajstić information content (AvgIpc) is 3.05. The molecule has 1 fully saturated rings. The second kappa shape index (κ2) is 5.35. The maximum absolute atomic E-state index is 12.7. The topological polar surface area (TPSA) is 60.9 Å². The summed E-state index contributed by atoms with van der Waals surface area (Å²) in [6.45, 7) is 3.16. The molecule has 0 aromatic heterocycles. The number of aromatic hydroxyl groups is 1. The standard InChI is InChI=1S/C18H18N2O3/c21-13-10-12-4-3-5-14-16(12)15(11-13)18(23)20(17(14)22)9-8-19-6-1-2-7-19/h3-5,10-11,21H,1-2,6-9H2. The van der Waals surface area contributed by atoms with Crippen molar-refractivity contribution in [1.82, 2.24) is 9.80 Å². The molecule has 4 rings (SSSR count). The summed E-state index contributed by atoms with van der Waals surface area (Å²) in [7, 11) is 0. The number of imide groups is 1. The first-order valence-electron chi connectivity index (χ1n) is 7.99. The minimum atomic E-state index is -0.311. The summed E-state index contributed by atoms with van der Waals surface area (Å²) in [6.07, 6.45) is 2.36. The highest BCUT2D eigenvalue weighted by molar-refractivity contribution is 6.25. The van der Waals surface area contributed by atoms with Crippen molar-refractivity contribution in [3.05, 3.63) is 41.5 Å². The third-order valence-electron chi connectivity index (χ3n) is 4.75. The predicted octanol–water partition coefficient (Wildman–Crippen LogP) is 2.24. The van der Waals surface area contributed by atoms with Gasteiger partial charge in [0.15, 0.2) is 0 Å². The first-order valence-corrected chi connectivity index (χ1v) is 7.99. The number of carbonyl (C=O) groups is 2. The van der Waals surface area contributed by atoms with Crippen LogP contribution in [0.2, 0.25) is 0 Å². The van der Waals surface area contributed by atoms with Crippen LogP contribution in [0.1, 0.15) is 33.6 Å². The number of nitrogens with zero attached hydrogens (tertiary/aromatic N) is 2. The van der Waals surface area contributed by atoms with Crippen LogP contribution in [0.4, 0.5) is 0 Å². The van der Waals surface area contributed by atoms with Crippen molar-refractivity contribution in [3.8, 4) is 5.75 Å². The summed E-state index contributed by atoms with van der Waals surface area (Å²) in [6, 6.07) is 8.39. The molecule has 0 saturated carbocycles. The molecule has 0 atom stereocenters. The quantitative estimate of drug-likeness (QED) is 0.883. The fourth-order valence-electron chi connectivity index (χ4n) is 3.59. The average molecular weight is 310 g/mol. The smallest absolute Gasteiger partial charge is 0.261 e. The summed E-state index contributed by atoms with van der Waals surface area (Å²) < 4.78 is 0. The highest BCUT2D eigenvalue weighted by Gasteiger charge is 2.33. The molecule has 2 aromatic rings. The minimum Gasteiger partial charge on any atom is -0.508 e. The molecule has 2 aromatic carbocycles. The van der Waals surface area contributed by atoms with Crippen molar-refractivity contribution >= 4 is 22.6 Å². The van der Waals surface area contributed by atoms with Gasteiger partial charge in [0.2, 0.25) is 0 Å². The molecular formula is C18H18N2O3. The second-order valence-corrected chi connectivity index (χ2v) is 6.21. The number of carbonyl (C=O) groups excluding carboxylic acids is 2. The molecule has 0 aliphatic carbocycles. The Bertz CT molecular complexity index is 809. The van der Waals surface area contributed by atoms with Crippen LogP contribution in [0, 0.1) is 0 Å². The van der Waals surface area contributed by atoms with E-state index in [1.54, 1.807) is 18.2 Å². The Morgan fingerprint density at radius 1 is 0.957 bits per heavy atom. The van der Waals surface area contributed by atoms with Gasteiger partial charge in [-0.2, -0.15) is 0 Å². The van der Waals surface area contributed by atoms with Crippen LogP contribution in [0.25, 0.3) is 10.8 Å². The van der Waals surface area contributed by atoms with Gasteiger partial charge in [0.1, 0.15) is 5.75 Å². The summed E-state index contributed by atoms with van der Waals surface area (Å²) >= 11 is 0.